The predicted octanol–water partition coefficient (Wildman–Crippen LogP) is 2.10. The van der Waals surface area contributed by atoms with Gasteiger partial charge in [0, 0.05) is 12.6 Å². The Kier molecular flexibility index (Phi) is 5.58. The number of hydrogen-bond donors (Lipinski definition) is 2. The molecule has 1 aliphatic rings. The fraction of sp³-hybridized carbons (Fsp3) is 0.462. The Bertz CT molecular complexity index is 701. The molecule has 2 unspecified atom stereocenters. The summed E-state index contributed by atoms with van der Waals surface area (Å²) in [4.78, 5) is 12.4. The van der Waals surface area contributed by atoms with Crippen LogP contribution in [0, 0.1) is 5.82 Å². The number of carboxylic acid groups (broad SMARTS) is 1. The molecule has 1 fully saturated rings. The van der Waals surface area contributed by atoms with Crippen LogP contribution in [0.15, 0.2) is 22.7 Å². The van der Waals surface area contributed by atoms with Crippen molar-refractivity contribution in [3.8, 4) is 0 Å². The smallest absolute Gasteiger partial charge is 0.407 e. The number of likely N-dealkylation sites (tertiary alicyclic amines) is 1. The summed E-state index contributed by atoms with van der Waals surface area (Å²) < 4.78 is 51.8. The van der Waals surface area contributed by atoms with Crippen molar-refractivity contribution in [3.05, 3.63) is 34.1 Å². The van der Waals surface area contributed by atoms with Crippen molar-refractivity contribution < 1.29 is 27.1 Å². The molecule has 1 aromatic rings. The first-order valence-corrected chi connectivity index (χ1v) is 9.18. The first-order chi connectivity index (χ1) is 10.7. The molecule has 2 atom stereocenters. The predicted molar refractivity (Wildman–Crippen MR) is 82.8 cm³/mol. The van der Waals surface area contributed by atoms with Crippen molar-refractivity contribution in [2.75, 3.05) is 12.6 Å². The minimum absolute atomic E-state index is 0.0168. The van der Waals surface area contributed by atoms with Crippen LogP contribution in [-0.4, -0.2) is 49.2 Å². The molecule has 1 aliphatic heterocycles. The molecule has 2 N–H and O–H groups in total. The van der Waals surface area contributed by atoms with Gasteiger partial charge in [0.05, 0.1) is 10.5 Å². The highest BCUT2D eigenvalue weighted by Gasteiger charge is 2.39. The van der Waals surface area contributed by atoms with Crippen molar-refractivity contribution in [1.82, 2.24) is 9.62 Å². The standard InChI is InChI=1S/C13H15BrF2N2O4S/c14-9-3-1-2-8(12(9)16)6-11-10(17-23(21,22)7-15)4-5-18(11)13(19)20/h1-3,10-11,17H,4-7H2,(H,19,20). The van der Waals surface area contributed by atoms with Crippen molar-refractivity contribution in [2.24, 2.45) is 0 Å². The Labute approximate surface area is 140 Å². The Hall–Kier alpha value is -1.26. The van der Waals surface area contributed by atoms with Crippen LogP contribution in [0.4, 0.5) is 13.6 Å². The zero-order chi connectivity index (χ0) is 17.2. The number of halogens is 3. The van der Waals surface area contributed by atoms with Gasteiger partial charge in [-0.3, -0.25) is 0 Å². The summed E-state index contributed by atoms with van der Waals surface area (Å²) in [6.07, 6.45) is -1.05. The molecule has 1 saturated heterocycles. The molecule has 0 aliphatic carbocycles. The van der Waals surface area contributed by atoms with Crippen molar-refractivity contribution in [2.45, 2.75) is 24.9 Å². The Morgan fingerprint density at radius 1 is 1.48 bits per heavy atom. The van der Waals surface area contributed by atoms with E-state index in [0.29, 0.717) is 0 Å². The maximum Gasteiger partial charge on any atom is 0.407 e. The van der Waals surface area contributed by atoms with Crippen LogP contribution in [0.5, 0.6) is 0 Å². The second-order valence-corrected chi connectivity index (χ2v) is 7.74. The van der Waals surface area contributed by atoms with E-state index >= 15 is 0 Å². The lowest BCUT2D eigenvalue weighted by atomic mass is 10.0. The van der Waals surface area contributed by atoms with E-state index in [9.17, 15) is 27.1 Å². The number of nitrogens with one attached hydrogen (secondary N) is 1. The third-order valence-electron chi connectivity index (χ3n) is 3.73. The molecule has 23 heavy (non-hydrogen) atoms. The van der Waals surface area contributed by atoms with Crippen LogP contribution in [0.3, 0.4) is 0 Å². The van der Waals surface area contributed by atoms with E-state index < -0.39 is 40.0 Å². The zero-order valence-electron chi connectivity index (χ0n) is 11.9. The maximum atomic E-state index is 14.1. The van der Waals surface area contributed by atoms with Crippen molar-refractivity contribution >= 4 is 32.0 Å². The molecule has 0 spiro atoms. The number of benzene rings is 1. The molecule has 10 heteroatoms. The summed E-state index contributed by atoms with van der Waals surface area (Å²) in [5, 5.41) is 9.23. The minimum atomic E-state index is -4.13. The van der Waals surface area contributed by atoms with Gasteiger partial charge in [-0.1, -0.05) is 12.1 Å². The van der Waals surface area contributed by atoms with Gasteiger partial charge < -0.3 is 10.0 Å². The molecule has 0 aromatic heterocycles. The SMILES string of the molecule is O=C(O)N1CCC(NS(=O)(=O)CF)C1Cc1cccc(Br)c1F. The highest BCUT2D eigenvalue weighted by Crippen LogP contribution is 2.26. The van der Waals surface area contributed by atoms with E-state index in [4.69, 9.17) is 0 Å². The normalized spacial score (nSPS) is 21.6. The molecule has 1 heterocycles. The molecule has 1 aromatic carbocycles. The van der Waals surface area contributed by atoms with Crippen LogP contribution < -0.4 is 4.72 Å². The summed E-state index contributed by atoms with van der Waals surface area (Å²) >= 11 is 3.05. The fourth-order valence-corrected chi connectivity index (χ4v) is 3.88. The van der Waals surface area contributed by atoms with Gasteiger partial charge >= 0.3 is 6.09 Å². The third-order valence-corrected chi connectivity index (χ3v) is 5.29. The molecule has 2 rings (SSSR count). The number of nitrogens with zero attached hydrogens (tertiary/aromatic N) is 1. The highest BCUT2D eigenvalue weighted by molar-refractivity contribution is 9.10. The van der Waals surface area contributed by atoms with E-state index in [-0.39, 0.29) is 29.4 Å². The molecule has 6 nitrogen and oxygen atoms in total. The van der Waals surface area contributed by atoms with Gasteiger partial charge in [0.15, 0.2) is 0 Å². The number of alkyl halides is 1. The molecule has 0 radical (unpaired) electrons. The highest BCUT2D eigenvalue weighted by atomic mass is 79.9. The topological polar surface area (TPSA) is 86.7 Å². The van der Waals surface area contributed by atoms with Gasteiger partial charge in [-0.15, -0.1) is 0 Å². The Morgan fingerprint density at radius 2 is 2.17 bits per heavy atom. The Morgan fingerprint density at radius 3 is 2.78 bits per heavy atom. The zero-order valence-corrected chi connectivity index (χ0v) is 14.3. The van der Waals surface area contributed by atoms with Gasteiger partial charge in [-0.2, -0.15) is 0 Å². The summed E-state index contributed by atoms with van der Waals surface area (Å²) in [5.74, 6) is -0.531. The second-order valence-electron chi connectivity index (χ2n) is 5.20. The molecule has 128 valence electrons. The number of hydrogen-bond acceptors (Lipinski definition) is 3. The van der Waals surface area contributed by atoms with E-state index in [2.05, 4.69) is 20.7 Å². The van der Waals surface area contributed by atoms with E-state index in [1.807, 2.05) is 0 Å². The summed E-state index contributed by atoms with van der Waals surface area (Å²) in [5.41, 5.74) is 0.252. The number of amides is 1. The third kappa shape index (κ3) is 4.18. The van der Waals surface area contributed by atoms with Crippen LogP contribution in [-0.2, 0) is 16.4 Å². The first-order valence-electron chi connectivity index (χ1n) is 6.73. The largest absolute Gasteiger partial charge is 0.465 e. The lowest BCUT2D eigenvalue weighted by molar-refractivity contribution is 0.137. The number of rotatable bonds is 5. The van der Waals surface area contributed by atoms with E-state index in [0.717, 1.165) is 4.90 Å². The van der Waals surface area contributed by atoms with Crippen molar-refractivity contribution in [1.29, 1.82) is 0 Å². The molecule has 0 saturated carbocycles. The van der Waals surface area contributed by atoms with Gasteiger partial charge in [0.2, 0.25) is 16.0 Å². The fourth-order valence-electron chi connectivity index (χ4n) is 2.67. The molecular formula is C13H15BrF2N2O4S. The summed E-state index contributed by atoms with van der Waals surface area (Å²) in [6.45, 7) is 0.0924. The first kappa shape index (κ1) is 18.1. The monoisotopic (exact) mass is 412 g/mol. The minimum Gasteiger partial charge on any atom is -0.465 e. The number of sulfonamides is 1. The quantitative estimate of drug-likeness (QED) is 0.774. The summed E-state index contributed by atoms with van der Waals surface area (Å²) in [6, 6.07) is 1.41. The van der Waals surface area contributed by atoms with Crippen LogP contribution in [0.1, 0.15) is 12.0 Å². The van der Waals surface area contributed by atoms with Crippen LogP contribution in [0.25, 0.3) is 0 Å². The lowest BCUT2D eigenvalue weighted by Gasteiger charge is -2.26. The lowest BCUT2D eigenvalue weighted by Crippen LogP contribution is -2.47. The molecule has 0 bridgehead atoms. The molecule has 1 amide bonds. The van der Waals surface area contributed by atoms with Gasteiger partial charge in [0.1, 0.15) is 5.82 Å². The van der Waals surface area contributed by atoms with Crippen LogP contribution in [0.2, 0.25) is 0 Å². The number of carbonyl (C=O) groups is 1. The average molecular weight is 413 g/mol. The second kappa shape index (κ2) is 7.10. The maximum absolute atomic E-state index is 14.1. The summed E-state index contributed by atoms with van der Waals surface area (Å²) in [7, 11) is -4.13. The average Bonchev–Trinajstić information content (AvgIpc) is 2.86. The van der Waals surface area contributed by atoms with E-state index in [1.54, 1.807) is 6.07 Å². The van der Waals surface area contributed by atoms with Crippen LogP contribution >= 0.6 is 15.9 Å². The van der Waals surface area contributed by atoms with Gasteiger partial charge in [-0.25, -0.2) is 26.7 Å². The van der Waals surface area contributed by atoms with Gasteiger partial charge in [0.25, 0.3) is 0 Å². The van der Waals surface area contributed by atoms with Gasteiger partial charge in [-0.05, 0) is 40.4 Å². The molecular weight excluding hydrogens is 398 g/mol. The Balaban J connectivity index is 2.28. The van der Waals surface area contributed by atoms with Crippen molar-refractivity contribution in [3.63, 3.8) is 0 Å². The van der Waals surface area contributed by atoms with E-state index in [1.165, 1.54) is 12.1 Å².